The molecule has 4 N–H and O–H groups in total. The first-order valence-electron chi connectivity index (χ1n) is 5.72. The van der Waals surface area contributed by atoms with Gasteiger partial charge in [0.25, 0.3) is 0 Å². The molecular weight excluding hydrogens is 259 g/mol. The lowest BCUT2D eigenvalue weighted by atomic mass is 10.0. The summed E-state index contributed by atoms with van der Waals surface area (Å²) in [7, 11) is 0. The van der Waals surface area contributed by atoms with E-state index in [9.17, 15) is 13.2 Å². The Kier molecular flexibility index (Phi) is 4.77. The predicted octanol–water partition coefficient (Wildman–Crippen LogP) is 1.81. The number of alkyl halides is 3. The number of aliphatic hydroxyl groups excluding tert-OH is 1. The molecule has 0 aliphatic carbocycles. The summed E-state index contributed by atoms with van der Waals surface area (Å²) in [6.07, 6.45) is -4.57. The molecule has 1 rings (SSSR count). The minimum atomic E-state index is -4.57. The Labute approximate surface area is 109 Å². The smallest absolute Gasteiger partial charge is 0.395 e. The fourth-order valence-electron chi connectivity index (χ4n) is 1.79. The molecule has 106 valence electrons. The van der Waals surface area contributed by atoms with Crippen LogP contribution in [0.25, 0.3) is 0 Å². The maximum Gasteiger partial charge on any atom is 0.417 e. The number of aliphatic hydroxyl groups is 1. The van der Waals surface area contributed by atoms with E-state index >= 15 is 0 Å². The van der Waals surface area contributed by atoms with E-state index in [0.29, 0.717) is 12.2 Å². The molecule has 0 radical (unpaired) electrons. The molecule has 0 atom stereocenters. The highest BCUT2D eigenvalue weighted by Gasteiger charge is 2.34. The van der Waals surface area contributed by atoms with Crippen molar-refractivity contribution in [2.75, 3.05) is 24.6 Å². The van der Waals surface area contributed by atoms with Crippen LogP contribution in [0.15, 0.2) is 18.2 Å². The van der Waals surface area contributed by atoms with Crippen LogP contribution in [0.4, 0.5) is 18.9 Å². The van der Waals surface area contributed by atoms with E-state index in [0.717, 1.165) is 6.07 Å². The number of nitrogens with one attached hydrogen (secondary N) is 1. The van der Waals surface area contributed by atoms with Gasteiger partial charge in [-0.05, 0) is 25.1 Å². The second-order valence-electron chi connectivity index (χ2n) is 3.94. The molecule has 0 heterocycles. The molecule has 1 aromatic rings. The first-order chi connectivity index (χ1) is 8.81. The molecule has 4 nitrogen and oxygen atoms in total. The molecule has 0 amide bonds. The highest BCUT2D eigenvalue weighted by molar-refractivity contribution is 5.97. The van der Waals surface area contributed by atoms with Gasteiger partial charge >= 0.3 is 6.18 Å². The molecule has 0 bridgehead atoms. The Morgan fingerprint density at radius 1 is 1.42 bits per heavy atom. The first-order valence-corrected chi connectivity index (χ1v) is 5.72. The molecule has 0 saturated heterocycles. The van der Waals surface area contributed by atoms with Crippen LogP contribution in [0.1, 0.15) is 18.1 Å². The van der Waals surface area contributed by atoms with Crippen LogP contribution in [0, 0.1) is 5.41 Å². The first kappa shape index (κ1) is 15.3. The minimum Gasteiger partial charge on any atom is -0.395 e. The summed E-state index contributed by atoms with van der Waals surface area (Å²) in [5, 5.41) is 16.1. The van der Waals surface area contributed by atoms with Crippen molar-refractivity contribution in [3.05, 3.63) is 29.3 Å². The van der Waals surface area contributed by atoms with Gasteiger partial charge in [0.05, 0.1) is 12.2 Å². The minimum absolute atomic E-state index is 0.149. The molecule has 1 aromatic carbocycles. The van der Waals surface area contributed by atoms with Crippen molar-refractivity contribution in [3.8, 4) is 0 Å². The summed E-state index contributed by atoms with van der Waals surface area (Å²) >= 11 is 0. The van der Waals surface area contributed by atoms with Crippen molar-refractivity contribution in [2.24, 2.45) is 5.73 Å². The predicted molar refractivity (Wildman–Crippen MR) is 67.4 cm³/mol. The van der Waals surface area contributed by atoms with Gasteiger partial charge in [0.15, 0.2) is 0 Å². The summed E-state index contributed by atoms with van der Waals surface area (Å²) in [4.78, 5) is 1.61. The van der Waals surface area contributed by atoms with Crippen molar-refractivity contribution in [1.82, 2.24) is 0 Å². The molecule has 7 heteroatoms. The van der Waals surface area contributed by atoms with Crippen molar-refractivity contribution in [1.29, 1.82) is 5.41 Å². The highest BCUT2D eigenvalue weighted by atomic mass is 19.4. The van der Waals surface area contributed by atoms with Crippen molar-refractivity contribution < 1.29 is 18.3 Å². The zero-order valence-electron chi connectivity index (χ0n) is 10.5. The van der Waals surface area contributed by atoms with E-state index in [1.165, 1.54) is 12.1 Å². The Bertz CT molecular complexity index is 460. The van der Waals surface area contributed by atoms with Crippen LogP contribution < -0.4 is 10.6 Å². The average molecular weight is 275 g/mol. The van der Waals surface area contributed by atoms with E-state index < -0.39 is 17.6 Å². The normalized spacial score (nSPS) is 11.4. The summed E-state index contributed by atoms with van der Waals surface area (Å²) in [6.45, 7) is 2.34. The number of hydrogen-bond acceptors (Lipinski definition) is 3. The van der Waals surface area contributed by atoms with Gasteiger partial charge in [0.2, 0.25) is 0 Å². The number of likely N-dealkylation sites (N-methyl/N-ethyl adjacent to an activating group) is 1. The van der Waals surface area contributed by atoms with Gasteiger partial charge in [0, 0.05) is 24.3 Å². The zero-order valence-corrected chi connectivity index (χ0v) is 10.5. The van der Waals surface area contributed by atoms with Gasteiger partial charge in [-0.2, -0.15) is 13.2 Å². The topological polar surface area (TPSA) is 73.3 Å². The summed E-state index contributed by atoms with van der Waals surface area (Å²) in [5.74, 6) is -0.621. The Morgan fingerprint density at radius 2 is 2.05 bits per heavy atom. The molecule has 0 unspecified atom stereocenters. The standard InChI is InChI=1S/C12H16F3N3O/c1-2-18(5-6-19)8-3-4-9(11(16)17)10(7-8)12(13,14)15/h3-4,7,19H,2,5-6H2,1H3,(H3,16,17). The lowest BCUT2D eigenvalue weighted by Crippen LogP contribution is -2.27. The number of anilines is 1. The number of halogens is 3. The molecule has 0 saturated carbocycles. The summed E-state index contributed by atoms with van der Waals surface area (Å²) < 4.78 is 38.8. The molecule has 0 aromatic heterocycles. The molecule has 0 aliphatic rings. The number of nitrogens with zero attached hydrogens (tertiary/aromatic N) is 1. The van der Waals surface area contributed by atoms with Gasteiger partial charge in [-0.15, -0.1) is 0 Å². The lowest BCUT2D eigenvalue weighted by Gasteiger charge is -2.24. The molecular formula is C12H16F3N3O. The second kappa shape index (κ2) is 5.92. The van der Waals surface area contributed by atoms with E-state index in [1.54, 1.807) is 11.8 Å². The van der Waals surface area contributed by atoms with Crippen molar-refractivity contribution in [3.63, 3.8) is 0 Å². The third kappa shape index (κ3) is 3.60. The molecule has 0 aliphatic heterocycles. The summed E-state index contributed by atoms with van der Waals surface area (Å²) in [6, 6.07) is 3.60. The quantitative estimate of drug-likeness (QED) is 0.567. The Morgan fingerprint density at radius 3 is 2.47 bits per heavy atom. The third-order valence-corrected chi connectivity index (χ3v) is 2.72. The largest absolute Gasteiger partial charge is 0.417 e. The van der Waals surface area contributed by atoms with Crippen LogP contribution in [-0.2, 0) is 6.18 Å². The number of hydrogen-bond donors (Lipinski definition) is 3. The van der Waals surface area contributed by atoms with E-state index in [1.807, 2.05) is 0 Å². The second-order valence-corrected chi connectivity index (χ2v) is 3.94. The van der Waals surface area contributed by atoms with Crippen LogP contribution in [0.2, 0.25) is 0 Å². The maximum atomic E-state index is 12.9. The zero-order chi connectivity index (χ0) is 14.6. The number of rotatable bonds is 5. The molecule has 0 fully saturated rings. The van der Waals surface area contributed by atoms with Gasteiger partial charge in [-0.1, -0.05) is 0 Å². The van der Waals surface area contributed by atoms with Crippen LogP contribution >= 0.6 is 0 Å². The third-order valence-electron chi connectivity index (χ3n) is 2.72. The Hall–Kier alpha value is -1.76. The number of nitrogen functional groups attached to an aromatic ring is 1. The number of benzene rings is 1. The maximum absolute atomic E-state index is 12.9. The van der Waals surface area contributed by atoms with Gasteiger partial charge < -0.3 is 15.7 Å². The number of nitrogens with two attached hydrogens (primary N) is 1. The van der Waals surface area contributed by atoms with Crippen LogP contribution in [0.3, 0.4) is 0 Å². The lowest BCUT2D eigenvalue weighted by molar-refractivity contribution is -0.137. The van der Waals surface area contributed by atoms with Gasteiger partial charge in [-0.3, -0.25) is 5.41 Å². The van der Waals surface area contributed by atoms with Crippen molar-refractivity contribution >= 4 is 11.5 Å². The number of amidine groups is 1. The van der Waals surface area contributed by atoms with Crippen molar-refractivity contribution in [2.45, 2.75) is 13.1 Å². The SMILES string of the molecule is CCN(CCO)c1ccc(C(=N)N)c(C(F)(F)F)c1. The van der Waals surface area contributed by atoms with Gasteiger partial charge in [-0.25, -0.2) is 0 Å². The van der Waals surface area contributed by atoms with Crippen LogP contribution in [-0.4, -0.2) is 30.6 Å². The fraction of sp³-hybridized carbons (Fsp3) is 0.417. The van der Waals surface area contributed by atoms with E-state index in [-0.39, 0.29) is 18.7 Å². The highest BCUT2D eigenvalue weighted by Crippen LogP contribution is 2.34. The van der Waals surface area contributed by atoms with E-state index in [4.69, 9.17) is 16.2 Å². The fourth-order valence-corrected chi connectivity index (χ4v) is 1.79. The van der Waals surface area contributed by atoms with Gasteiger partial charge in [0.1, 0.15) is 5.84 Å². The Balaban J connectivity index is 3.29. The summed E-state index contributed by atoms with van der Waals surface area (Å²) in [5.41, 5.74) is 4.23. The average Bonchev–Trinajstić information content (AvgIpc) is 2.34. The van der Waals surface area contributed by atoms with E-state index in [2.05, 4.69) is 0 Å². The molecule has 0 spiro atoms. The monoisotopic (exact) mass is 275 g/mol. The molecule has 19 heavy (non-hydrogen) atoms. The van der Waals surface area contributed by atoms with Crippen LogP contribution in [0.5, 0.6) is 0 Å².